The van der Waals surface area contributed by atoms with Crippen molar-refractivity contribution < 1.29 is 14.1 Å². The van der Waals surface area contributed by atoms with Crippen molar-refractivity contribution in [3.63, 3.8) is 0 Å². The number of ether oxygens (including phenoxy) is 1. The number of aryl methyl sites for hydroxylation is 1. The van der Waals surface area contributed by atoms with Crippen LogP contribution in [0.4, 0.5) is 0 Å². The number of hydrogen-bond donors (Lipinski definition) is 0. The molecule has 6 nitrogen and oxygen atoms in total. The number of benzene rings is 1. The third-order valence-electron chi connectivity index (χ3n) is 4.46. The molecule has 3 aromatic rings. The van der Waals surface area contributed by atoms with Crippen molar-refractivity contribution in [2.24, 2.45) is 0 Å². The number of hydrogen-bond acceptors (Lipinski definition) is 5. The molecule has 0 saturated heterocycles. The van der Waals surface area contributed by atoms with Gasteiger partial charge < -0.3 is 14.2 Å². The van der Waals surface area contributed by atoms with Crippen molar-refractivity contribution >= 4 is 17.0 Å². The van der Waals surface area contributed by atoms with Gasteiger partial charge in [-0.3, -0.25) is 4.79 Å². The van der Waals surface area contributed by atoms with Gasteiger partial charge in [0.25, 0.3) is 11.6 Å². The maximum atomic E-state index is 13.0. The smallest absolute Gasteiger partial charge is 0.259 e. The maximum Gasteiger partial charge on any atom is 0.259 e. The summed E-state index contributed by atoms with van der Waals surface area (Å²) in [4.78, 5) is 19.2. The van der Waals surface area contributed by atoms with E-state index in [2.05, 4.69) is 10.1 Å². The summed E-state index contributed by atoms with van der Waals surface area (Å²) in [6.45, 7) is 7.05. The first-order valence-corrected chi connectivity index (χ1v) is 9.17. The molecule has 2 heterocycles. The van der Waals surface area contributed by atoms with Gasteiger partial charge in [0, 0.05) is 19.3 Å². The normalized spacial score (nSPS) is 11.1. The highest BCUT2D eigenvalue weighted by Crippen LogP contribution is 2.26. The molecule has 0 aliphatic carbocycles. The Balaban J connectivity index is 1.70. The van der Waals surface area contributed by atoms with E-state index in [1.165, 1.54) is 0 Å². The average molecular weight is 367 g/mol. The number of amides is 1. The lowest BCUT2D eigenvalue weighted by molar-refractivity contribution is 0.0789. The lowest BCUT2D eigenvalue weighted by Crippen LogP contribution is -2.29. The number of para-hydroxylation sites is 1. The number of carbonyl (C=O) groups excluding carboxylic acids is 1. The zero-order valence-electron chi connectivity index (χ0n) is 16.2. The molecule has 0 aliphatic heterocycles. The molecule has 0 bridgehead atoms. The lowest BCUT2D eigenvalue weighted by atomic mass is 10.0. The van der Waals surface area contributed by atoms with Crippen LogP contribution >= 0.6 is 0 Å². The van der Waals surface area contributed by atoms with Crippen LogP contribution in [0.5, 0.6) is 5.75 Å². The summed E-state index contributed by atoms with van der Waals surface area (Å²) >= 11 is 0. The van der Waals surface area contributed by atoms with E-state index >= 15 is 0 Å². The molecule has 2 aromatic heterocycles. The van der Waals surface area contributed by atoms with E-state index in [4.69, 9.17) is 9.26 Å². The van der Waals surface area contributed by atoms with Crippen LogP contribution in [0, 0.1) is 6.92 Å². The van der Waals surface area contributed by atoms with Crippen LogP contribution in [0.15, 0.2) is 40.9 Å². The lowest BCUT2D eigenvalue weighted by Gasteiger charge is -2.18. The van der Waals surface area contributed by atoms with E-state index < -0.39 is 0 Å². The van der Waals surface area contributed by atoms with Crippen molar-refractivity contribution in [2.45, 2.75) is 33.1 Å². The SMILES string of the molecule is Cc1noc2nc(C(C)C)cc(C(=O)N(C)CCCOc3ccccc3)c12. The molecule has 0 radical (unpaired) electrons. The molecule has 3 rings (SSSR count). The first-order chi connectivity index (χ1) is 13.0. The number of fused-ring (bicyclic) bond motifs is 1. The summed E-state index contributed by atoms with van der Waals surface area (Å²) in [5.74, 6) is 0.968. The maximum absolute atomic E-state index is 13.0. The van der Waals surface area contributed by atoms with Gasteiger partial charge in [-0.15, -0.1) is 0 Å². The van der Waals surface area contributed by atoms with Gasteiger partial charge in [-0.2, -0.15) is 0 Å². The topological polar surface area (TPSA) is 68.5 Å². The third kappa shape index (κ3) is 4.27. The highest BCUT2D eigenvalue weighted by atomic mass is 16.5. The Bertz CT molecular complexity index is 919. The second kappa shape index (κ2) is 8.20. The molecule has 0 aliphatic rings. The Kier molecular flexibility index (Phi) is 5.74. The molecule has 0 saturated carbocycles. The van der Waals surface area contributed by atoms with Gasteiger partial charge >= 0.3 is 0 Å². The van der Waals surface area contributed by atoms with E-state index in [0.29, 0.717) is 35.5 Å². The predicted octanol–water partition coefficient (Wildman–Crippen LogP) is 4.20. The quantitative estimate of drug-likeness (QED) is 0.586. The van der Waals surface area contributed by atoms with E-state index in [1.807, 2.05) is 57.2 Å². The summed E-state index contributed by atoms with van der Waals surface area (Å²) in [5.41, 5.74) is 2.51. The van der Waals surface area contributed by atoms with Crippen LogP contribution < -0.4 is 4.74 Å². The fourth-order valence-corrected chi connectivity index (χ4v) is 2.89. The highest BCUT2D eigenvalue weighted by molar-refractivity contribution is 6.05. The van der Waals surface area contributed by atoms with Gasteiger partial charge in [0.1, 0.15) is 5.75 Å². The van der Waals surface area contributed by atoms with Gasteiger partial charge in [-0.1, -0.05) is 37.2 Å². The summed E-state index contributed by atoms with van der Waals surface area (Å²) < 4.78 is 11.0. The fraction of sp³-hybridized carbons (Fsp3) is 0.381. The van der Waals surface area contributed by atoms with Crippen LogP contribution in [-0.2, 0) is 0 Å². The summed E-state index contributed by atoms with van der Waals surface area (Å²) in [5, 5.41) is 4.67. The average Bonchev–Trinajstić information content (AvgIpc) is 3.05. The van der Waals surface area contributed by atoms with Crippen LogP contribution in [0.1, 0.15) is 47.9 Å². The predicted molar refractivity (Wildman–Crippen MR) is 104 cm³/mol. The van der Waals surface area contributed by atoms with Crippen molar-refractivity contribution in [3.8, 4) is 5.75 Å². The van der Waals surface area contributed by atoms with Crippen molar-refractivity contribution in [1.29, 1.82) is 0 Å². The molecule has 27 heavy (non-hydrogen) atoms. The molecular weight excluding hydrogens is 342 g/mol. The molecule has 1 amide bonds. The van der Waals surface area contributed by atoms with Crippen LogP contribution in [0.3, 0.4) is 0 Å². The Morgan fingerprint density at radius 3 is 2.70 bits per heavy atom. The molecule has 0 fully saturated rings. The molecule has 0 spiro atoms. The second-order valence-electron chi connectivity index (χ2n) is 6.94. The number of aromatic nitrogens is 2. The first-order valence-electron chi connectivity index (χ1n) is 9.17. The molecule has 0 atom stereocenters. The van der Waals surface area contributed by atoms with Gasteiger partial charge in [-0.05, 0) is 37.5 Å². The minimum Gasteiger partial charge on any atom is -0.494 e. The van der Waals surface area contributed by atoms with Crippen molar-refractivity contribution in [2.75, 3.05) is 20.2 Å². The third-order valence-corrected chi connectivity index (χ3v) is 4.46. The van der Waals surface area contributed by atoms with Crippen molar-refractivity contribution in [1.82, 2.24) is 15.0 Å². The minimum absolute atomic E-state index is 0.0599. The van der Waals surface area contributed by atoms with Gasteiger partial charge in [0.2, 0.25) is 0 Å². The minimum atomic E-state index is -0.0599. The highest BCUT2D eigenvalue weighted by Gasteiger charge is 2.22. The monoisotopic (exact) mass is 367 g/mol. The van der Waals surface area contributed by atoms with Gasteiger partial charge in [0.05, 0.1) is 23.3 Å². The standard InChI is InChI=1S/C21H25N3O3/c1-14(2)18-13-17(19-15(3)23-27-20(19)22-18)21(25)24(4)11-8-12-26-16-9-6-5-7-10-16/h5-7,9-10,13-14H,8,11-12H2,1-4H3. The van der Waals surface area contributed by atoms with Gasteiger partial charge in [-0.25, -0.2) is 4.98 Å². The number of pyridine rings is 1. The summed E-state index contributed by atoms with van der Waals surface area (Å²) in [6, 6.07) is 11.5. The van der Waals surface area contributed by atoms with Crippen LogP contribution in [0.2, 0.25) is 0 Å². The molecule has 0 N–H and O–H groups in total. The molecular formula is C21H25N3O3. The number of rotatable bonds is 7. The number of nitrogens with zero attached hydrogens (tertiary/aromatic N) is 3. The Morgan fingerprint density at radius 1 is 1.26 bits per heavy atom. The molecule has 6 heteroatoms. The number of carbonyl (C=O) groups is 1. The largest absolute Gasteiger partial charge is 0.494 e. The van der Waals surface area contributed by atoms with E-state index in [9.17, 15) is 4.79 Å². The molecule has 1 aromatic carbocycles. The zero-order chi connectivity index (χ0) is 19.4. The van der Waals surface area contributed by atoms with Gasteiger partial charge in [0.15, 0.2) is 0 Å². The fourth-order valence-electron chi connectivity index (χ4n) is 2.89. The summed E-state index contributed by atoms with van der Waals surface area (Å²) in [6.07, 6.45) is 0.741. The van der Waals surface area contributed by atoms with Crippen LogP contribution in [-0.4, -0.2) is 41.1 Å². The Morgan fingerprint density at radius 2 is 2.00 bits per heavy atom. The Hall–Kier alpha value is -2.89. The van der Waals surface area contributed by atoms with Crippen LogP contribution in [0.25, 0.3) is 11.1 Å². The summed E-state index contributed by atoms with van der Waals surface area (Å²) in [7, 11) is 1.80. The molecule has 142 valence electrons. The van der Waals surface area contributed by atoms with E-state index in [1.54, 1.807) is 11.9 Å². The van der Waals surface area contributed by atoms with E-state index in [-0.39, 0.29) is 11.8 Å². The van der Waals surface area contributed by atoms with E-state index in [0.717, 1.165) is 17.9 Å². The Labute approximate surface area is 159 Å². The second-order valence-corrected chi connectivity index (χ2v) is 6.94. The first kappa shape index (κ1) is 18.9. The zero-order valence-corrected chi connectivity index (χ0v) is 16.2. The van der Waals surface area contributed by atoms with Crippen molar-refractivity contribution in [3.05, 3.63) is 53.3 Å². The molecule has 0 unspecified atom stereocenters.